The highest BCUT2D eigenvalue weighted by Gasteiger charge is 2.18. The molecule has 1 atom stereocenters. The molecule has 1 unspecified atom stereocenters. The number of hydrogen-bond donors (Lipinski definition) is 1. The van der Waals surface area contributed by atoms with Crippen molar-refractivity contribution in [1.29, 1.82) is 0 Å². The average molecular weight is 217 g/mol. The molecule has 0 aliphatic heterocycles. The maximum atomic E-state index is 12.5. The third-order valence-corrected chi connectivity index (χ3v) is 1.63. The molecule has 1 N–H and O–H groups in total. The van der Waals surface area contributed by atoms with E-state index in [1.54, 1.807) is 26.8 Å². The molecule has 0 aromatic rings. The van der Waals surface area contributed by atoms with Crippen LogP contribution >= 0.6 is 0 Å². The van der Waals surface area contributed by atoms with E-state index < -0.39 is 24.4 Å². The van der Waals surface area contributed by atoms with Crippen molar-refractivity contribution in [3.05, 3.63) is 12.7 Å². The van der Waals surface area contributed by atoms with Gasteiger partial charge in [0.2, 0.25) is 0 Å². The molecule has 0 spiro atoms. The first kappa shape index (κ1) is 13.9. The average Bonchev–Trinajstić information content (AvgIpc) is 2.09. The zero-order valence-corrected chi connectivity index (χ0v) is 9.68. The van der Waals surface area contributed by atoms with Crippen LogP contribution in [-0.2, 0) is 4.74 Å². The first-order valence-electron chi connectivity index (χ1n) is 5.05. The normalized spacial score (nSPS) is 13.1. The van der Waals surface area contributed by atoms with Crippen LogP contribution < -0.4 is 5.32 Å². The van der Waals surface area contributed by atoms with Gasteiger partial charge in [0, 0.05) is 0 Å². The summed E-state index contributed by atoms with van der Waals surface area (Å²) in [5.74, 6) is 0. The topological polar surface area (TPSA) is 38.3 Å². The highest BCUT2D eigenvalue weighted by atomic mass is 19.1. The van der Waals surface area contributed by atoms with Crippen LogP contribution in [0.4, 0.5) is 9.18 Å². The molecule has 0 aromatic heterocycles. The van der Waals surface area contributed by atoms with Gasteiger partial charge in [-0.1, -0.05) is 6.08 Å². The summed E-state index contributed by atoms with van der Waals surface area (Å²) in [5, 5.41) is 2.47. The van der Waals surface area contributed by atoms with Gasteiger partial charge >= 0.3 is 6.09 Å². The van der Waals surface area contributed by atoms with Crippen molar-refractivity contribution in [3.8, 4) is 0 Å². The Balaban J connectivity index is 3.95. The fraction of sp³-hybridized carbons (Fsp3) is 0.727. The molecule has 88 valence electrons. The smallest absolute Gasteiger partial charge is 0.407 e. The molecule has 0 saturated carbocycles. The van der Waals surface area contributed by atoms with Crippen molar-refractivity contribution in [2.75, 3.05) is 6.67 Å². The zero-order chi connectivity index (χ0) is 11.9. The number of rotatable bonds is 5. The summed E-state index contributed by atoms with van der Waals surface area (Å²) in [5.41, 5.74) is -0.552. The molecule has 0 fully saturated rings. The Labute approximate surface area is 90.7 Å². The van der Waals surface area contributed by atoms with Gasteiger partial charge in [-0.05, 0) is 33.6 Å². The molecule has 0 heterocycles. The second-order valence-electron chi connectivity index (χ2n) is 4.36. The van der Waals surface area contributed by atoms with Crippen LogP contribution in [0.1, 0.15) is 33.6 Å². The van der Waals surface area contributed by atoms with E-state index in [1.165, 1.54) is 0 Å². The van der Waals surface area contributed by atoms with Crippen molar-refractivity contribution in [1.82, 2.24) is 5.32 Å². The van der Waals surface area contributed by atoms with E-state index in [9.17, 15) is 9.18 Å². The third kappa shape index (κ3) is 7.97. The summed E-state index contributed by atoms with van der Waals surface area (Å²) in [6.07, 6.45) is 2.33. The van der Waals surface area contributed by atoms with E-state index >= 15 is 0 Å². The fourth-order valence-electron chi connectivity index (χ4n) is 0.981. The maximum absolute atomic E-state index is 12.5. The largest absolute Gasteiger partial charge is 0.444 e. The van der Waals surface area contributed by atoms with Crippen LogP contribution in [-0.4, -0.2) is 24.4 Å². The van der Waals surface area contributed by atoms with Gasteiger partial charge in [0.25, 0.3) is 0 Å². The van der Waals surface area contributed by atoms with E-state index in [-0.39, 0.29) is 0 Å². The number of ether oxygens (including phenoxy) is 1. The predicted molar refractivity (Wildman–Crippen MR) is 58.6 cm³/mol. The lowest BCUT2D eigenvalue weighted by Gasteiger charge is -2.22. The molecule has 0 radical (unpaired) electrons. The third-order valence-electron chi connectivity index (χ3n) is 1.63. The minimum absolute atomic E-state index is 0.488. The van der Waals surface area contributed by atoms with Crippen LogP contribution in [0, 0.1) is 0 Å². The van der Waals surface area contributed by atoms with Gasteiger partial charge in [-0.15, -0.1) is 6.58 Å². The lowest BCUT2D eigenvalue weighted by molar-refractivity contribution is 0.0494. The fourth-order valence-corrected chi connectivity index (χ4v) is 0.981. The maximum Gasteiger partial charge on any atom is 0.407 e. The molecule has 1 amide bonds. The second-order valence-corrected chi connectivity index (χ2v) is 4.36. The SMILES string of the molecule is C=CCCC(CF)NC(=O)OC(C)(C)C. The highest BCUT2D eigenvalue weighted by molar-refractivity contribution is 5.68. The summed E-state index contributed by atoms with van der Waals surface area (Å²) in [6, 6.07) is -0.488. The van der Waals surface area contributed by atoms with E-state index in [2.05, 4.69) is 11.9 Å². The lowest BCUT2D eigenvalue weighted by atomic mass is 10.2. The summed E-state index contributed by atoms with van der Waals surface area (Å²) < 4.78 is 17.5. The Kier molecular flexibility index (Phi) is 5.97. The number of allylic oxidation sites excluding steroid dienone is 1. The number of carbonyl (C=O) groups is 1. The molecule has 0 saturated heterocycles. The van der Waals surface area contributed by atoms with Gasteiger partial charge in [0.05, 0.1) is 6.04 Å². The summed E-state index contributed by atoms with van der Waals surface area (Å²) in [7, 11) is 0. The lowest BCUT2D eigenvalue weighted by Crippen LogP contribution is -2.40. The Bertz CT molecular complexity index is 211. The first-order chi connectivity index (χ1) is 6.89. The molecule has 0 aromatic carbocycles. The van der Waals surface area contributed by atoms with Crippen molar-refractivity contribution >= 4 is 6.09 Å². The Morgan fingerprint density at radius 1 is 1.60 bits per heavy atom. The van der Waals surface area contributed by atoms with Crippen LogP contribution in [0.5, 0.6) is 0 Å². The number of halogens is 1. The minimum Gasteiger partial charge on any atom is -0.444 e. The summed E-state index contributed by atoms with van der Waals surface area (Å²) in [6.45, 7) is 8.24. The second kappa shape index (κ2) is 6.43. The minimum atomic E-state index is -0.590. The zero-order valence-electron chi connectivity index (χ0n) is 9.68. The van der Waals surface area contributed by atoms with Crippen molar-refractivity contribution in [2.45, 2.75) is 45.3 Å². The van der Waals surface area contributed by atoms with E-state index in [0.717, 1.165) is 0 Å². The molecule has 3 nitrogen and oxygen atoms in total. The molecule has 4 heteroatoms. The number of nitrogens with one attached hydrogen (secondary N) is 1. The van der Waals surface area contributed by atoms with E-state index in [1.807, 2.05) is 0 Å². The molecule has 0 rings (SSSR count). The van der Waals surface area contributed by atoms with Gasteiger partial charge in [-0.25, -0.2) is 9.18 Å². The van der Waals surface area contributed by atoms with Gasteiger partial charge in [0.15, 0.2) is 0 Å². The highest BCUT2D eigenvalue weighted by Crippen LogP contribution is 2.07. The Morgan fingerprint density at radius 3 is 2.60 bits per heavy atom. The summed E-state index contributed by atoms with van der Waals surface area (Å²) in [4.78, 5) is 11.3. The van der Waals surface area contributed by atoms with Crippen LogP contribution in [0.2, 0.25) is 0 Å². The number of hydrogen-bond acceptors (Lipinski definition) is 2. The Morgan fingerprint density at radius 2 is 2.20 bits per heavy atom. The van der Waals surface area contributed by atoms with E-state index in [4.69, 9.17) is 4.74 Å². The Hall–Kier alpha value is -1.06. The molecular formula is C11H20FNO2. The molecule has 15 heavy (non-hydrogen) atoms. The van der Waals surface area contributed by atoms with Crippen LogP contribution in [0.3, 0.4) is 0 Å². The standard InChI is InChI=1S/C11H20FNO2/c1-5-6-7-9(8-12)13-10(14)15-11(2,3)4/h5,9H,1,6-8H2,2-4H3,(H,13,14). The number of carbonyl (C=O) groups excluding carboxylic acids is 1. The monoisotopic (exact) mass is 217 g/mol. The molecule has 0 aliphatic carbocycles. The molecule has 0 bridgehead atoms. The van der Waals surface area contributed by atoms with Gasteiger partial charge < -0.3 is 10.1 Å². The quantitative estimate of drug-likeness (QED) is 0.719. The number of amides is 1. The van der Waals surface area contributed by atoms with Gasteiger partial charge in [0.1, 0.15) is 12.3 Å². The van der Waals surface area contributed by atoms with Crippen molar-refractivity contribution < 1.29 is 13.9 Å². The van der Waals surface area contributed by atoms with Crippen LogP contribution in [0.15, 0.2) is 12.7 Å². The van der Waals surface area contributed by atoms with E-state index in [0.29, 0.717) is 12.8 Å². The van der Waals surface area contributed by atoms with Gasteiger partial charge in [-0.3, -0.25) is 0 Å². The van der Waals surface area contributed by atoms with Crippen molar-refractivity contribution in [2.24, 2.45) is 0 Å². The predicted octanol–water partition coefficient (Wildman–Crippen LogP) is 2.82. The number of alkyl halides is 1. The first-order valence-corrected chi connectivity index (χ1v) is 5.05. The van der Waals surface area contributed by atoms with Gasteiger partial charge in [-0.2, -0.15) is 0 Å². The molecule has 0 aliphatic rings. The van der Waals surface area contributed by atoms with Crippen molar-refractivity contribution in [3.63, 3.8) is 0 Å². The summed E-state index contributed by atoms with van der Waals surface area (Å²) >= 11 is 0. The number of alkyl carbamates (subject to hydrolysis) is 1. The molecular weight excluding hydrogens is 197 g/mol. The van der Waals surface area contributed by atoms with Crippen LogP contribution in [0.25, 0.3) is 0 Å².